The second kappa shape index (κ2) is 12.6. The first-order valence-corrected chi connectivity index (χ1v) is 13.7. The first-order valence-electron chi connectivity index (χ1n) is 13.0. The average molecular weight is 621 g/mol. The van der Waals surface area contributed by atoms with Crippen LogP contribution in [0.1, 0.15) is 16.7 Å². The molecule has 0 saturated heterocycles. The second-order valence-electron chi connectivity index (χ2n) is 9.56. The van der Waals surface area contributed by atoms with Crippen molar-refractivity contribution in [2.45, 2.75) is 13.0 Å². The molecule has 0 unspecified atom stereocenters. The van der Waals surface area contributed by atoms with Crippen LogP contribution in [-0.2, 0) is 31.9 Å². The highest BCUT2D eigenvalue weighted by Gasteiger charge is 2.22. The minimum atomic E-state index is -0.543. The standard InChI is InChI=1S/C30H26Cl2N6O5/c1-36-27-26(28(40)37(2)30(36)41)38(17-20-10-11-21(31)15-22(20)32)29(34-27)43-23-12-9-19(13-24(23)42-3)16-33-35-25(39)14-18-7-5-4-6-8-18/h4-13,15-16H,14,17H2,1-3H3,(H,35,39). The Labute approximate surface area is 255 Å². The van der Waals surface area contributed by atoms with Gasteiger partial charge in [-0.1, -0.05) is 59.6 Å². The lowest BCUT2D eigenvalue weighted by Crippen LogP contribution is -2.37. The number of ether oxygens (including phenoxy) is 2. The summed E-state index contributed by atoms with van der Waals surface area (Å²) in [5, 5.41) is 4.89. The maximum atomic E-state index is 13.2. The lowest BCUT2D eigenvalue weighted by atomic mass is 10.1. The molecule has 2 heterocycles. The van der Waals surface area contributed by atoms with Crippen molar-refractivity contribution in [1.29, 1.82) is 0 Å². The van der Waals surface area contributed by atoms with Crippen LogP contribution in [-0.4, -0.2) is 37.9 Å². The van der Waals surface area contributed by atoms with Gasteiger partial charge in [-0.15, -0.1) is 0 Å². The summed E-state index contributed by atoms with van der Waals surface area (Å²) < 4.78 is 15.5. The Morgan fingerprint density at radius 3 is 2.49 bits per heavy atom. The number of aryl methyl sites for hydroxylation is 1. The fourth-order valence-electron chi connectivity index (χ4n) is 4.42. The van der Waals surface area contributed by atoms with Crippen molar-refractivity contribution in [3.05, 3.63) is 114 Å². The van der Waals surface area contributed by atoms with E-state index in [0.717, 1.165) is 10.1 Å². The fourth-order valence-corrected chi connectivity index (χ4v) is 4.89. The molecule has 2 aromatic heterocycles. The van der Waals surface area contributed by atoms with E-state index in [-0.39, 0.29) is 41.8 Å². The quantitative estimate of drug-likeness (QED) is 0.194. The molecule has 0 radical (unpaired) electrons. The van der Waals surface area contributed by atoms with Gasteiger partial charge in [0.2, 0.25) is 5.91 Å². The third-order valence-corrected chi connectivity index (χ3v) is 7.24. The molecular weight excluding hydrogens is 595 g/mol. The normalized spacial score (nSPS) is 11.3. The van der Waals surface area contributed by atoms with E-state index in [4.69, 9.17) is 32.7 Å². The third kappa shape index (κ3) is 6.32. The Balaban J connectivity index is 1.46. The highest BCUT2D eigenvalue weighted by Crippen LogP contribution is 2.34. The van der Waals surface area contributed by atoms with Gasteiger partial charge in [0.15, 0.2) is 22.7 Å². The van der Waals surface area contributed by atoms with E-state index < -0.39 is 11.2 Å². The molecule has 1 amide bonds. The average Bonchev–Trinajstić information content (AvgIpc) is 3.35. The highest BCUT2D eigenvalue weighted by atomic mass is 35.5. The molecule has 11 nitrogen and oxygen atoms in total. The van der Waals surface area contributed by atoms with Crippen molar-refractivity contribution in [2.24, 2.45) is 19.2 Å². The first-order chi connectivity index (χ1) is 20.7. The van der Waals surface area contributed by atoms with E-state index in [1.54, 1.807) is 41.0 Å². The van der Waals surface area contributed by atoms with Crippen LogP contribution >= 0.6 is 23.2 Å². The SMILES string of the molecule is COc1cc(C=NNC(=O)Cc2ccccc2)ccc1Oc1nc2c(c(=O)n(C)c(=O)n2C)n1Cc1ccc(Cl)cc1Cl. The van der Waals surface area contributed by atoms with E-state index in [9.17, 15) is 14.4 Å². The Morgan fingerprint density at radius 2 is 1.77 bits per heavy atom. The summed E-state index contributed by atoms with van der Waals surface area (Å²) in [6.07, 6.45) is 1.68. The zero-order valence-corrected chi connectivity index (χ0v) is 24.9. The summed E-state index contributed by atoms with van der Waals surface area (Å²) in [7, 11) is 4.39. The number of hydrazone groups is 1. The number of hydrogen-bond acceptors (Lipinski definition) is 7. The molecular formula is C30H26Cl2N6O5. The monoisotopic (exact) mass is 620 g/mol. The number of benzene rings is 3. The van der Waals surface area contributed by atoms with Crippen molar-refractivity contribution in [3.63, 3.8) is 0 Å². The lowest BCUT2D eigenvalue weighted by molar-refractivity contribution is -0.120. The second-order valence-corrected chi connectivity index (χ2v) is 10.4. The number of halogens is 2. The van der Waals surface area contributed by atoms with Gasteiger partial charge in [-0.05, 0) is 47.0 Å². The van der Waals surface area contributed by atoms with Gasteiger partial charge in [0.1, 0.15) is 0 Å². The predicted octanol–water partition coefficient (Wildman–Crippen LogP) is 4.28. The minimum absolute atomic E-state index is 0.0345. The van der Waals surface area contributed by atoms with Crippen molar-refractivity contribution >= 4 is 46.5 Å². The smallest absolute Gasteiger partial charge is 0.332 e. The van der Waals surface area contributed by atoms with Crippen LogP contribution in [0.15, 0.2) is 81.4 Å². The lowest BCUT2D eigenvalue weighted by Gasteiger charge is -2.13. The molecule has 0 bridgehead atoms. The maximum Gasteiger partial charge on any atom is 0.332 e. The van der Waals surface area contributed by atoms with E-state index in [1.807, 2.05) is 30.3 Å². The number of imidazole rings is 1. The van der Waals surface area contributed by atoms with E-state index >= 15 is 0 Å². The van der Waals surface area contributed by atoms with Crippen LogP contribution in [0, 0.1) is 0 Å². The number of rotatable bonds is 9. The van der Waals surface area contributed by atoms with Gasteiger partial charge in [0, 0.05) is 24.1 Å². The molecule has 5 rings (SSSR count). The fraction of sp³-hybridized carbons (Fsp3) is 0.167. The number of carbonyl (C=O) groups is 1. The van der Waals surface area contributed by atoms with Crippen LogP contribution in [0.3, 0.4) is 0 Å². The molecule has 1 N–H and O–H groups in total. The number of carbonyl (C=O) groups excluding carboxylic acids is 1. The van der Waals surface area contributed by atoms with Crippen LogP contribution in [0.4, 0.5) is 0 Å². The van der Waals surface area contributed by atoms with Gasteiger partial charge in [-0.3, -0.25) is 23.3 Å². The van der Waals surface area contributed by atoms with Gasteiger partial charge in [-0.2, -0.15) is 10.1 Å². The van der Waals surface area contributed by atoms with E-state index in [2.05, 4.69) is 15.5 Å². The number of aromatic nitrogens is 4. The highest BCUT2D eigenvalue weighted by molar-refractivity contribution is 6.35. The van der Waals surface area contributed by atoms with Gasteiger partial charge in [0.25, 0.3) is 5.56 Å². The number of fused-ring (bicyclic) bond motifs is 1. The molecule has 220 valence electrons. The predicted molar refractivity (Wildman–Crippen MR) is 165 cm³/mol. The number of methoxy groups -OCH3 is 1. The van der Waals surface area contributed by atoms with Gasteiger partial charge < -0.3 is 9.47 Å². The van der Waals surface area contributed by atoms with Crippen LogP contribution in [0.25, 0.3) is 11.2 Å². The molecule has 13 heteroatoms. The molecule has 0 aliphatic rings. The summed E-state index contributed by atoms with van der Waals surface area (Å²) in [6, 6.07) is 19.4. The number of nitrogens with zero attached hydrogens (tertiary/aromatic N) is 5. The minimum Gasteiger partial charge on any atom is -0.493 e. The Bertz CT molecular complexity index is 1980. The van der Waals surface area contributed by atoms with Crippen molar-refractivity contribution in [2.75, 3.05) is 7.11 Å². The summed E-state index contributed by atoms with van der Waals surface area (Å²) in [5.74, 6) is 0.368. The maximum absolute atomic E-state index is 13.2. The Hall–Kier alpha value is -4.87. The molecule has 0 aliphatic carbocycles. The van der Waals surface area contributed by atoms with Gasteiger partial charge in [0.05, 0.1) is 26.3 Å². The molecule has 0 spiro atoms. The molecule has 43 heavy (non-hydrogen) atoms. The van der Waals surface area contributed by atoms with E-state index in [1.165, 1.54) is 32.0 Å². The number of nitrogens with one attached hydrogen (secondary N) is 1. The topological polar surface area (TPSA) is 122 Å². The van der Waals surface area contributed by atoms with Crippen molar-refractivity contribution < 1.29 is 14.3 Å². The van der Waals surface area contributed by atoms with Crippen LogP contribution in [0.2, 0.25) is 10.0 Å². The summed E-state index contributed by atoms with van der Waals surface area (Å²) in [4.78, 5) is 42.6. The summed E-state index contributed by atoms with van der Waals surface area (Å²) in [6.45, 7) is 0.102. The molecule has 5 aromatic rings. The molecule has 0 atom stereocenters. The molecule has 3 aromatic carbocycles. The van der Waals surface area contributed by atoms with Crippen LogP contribution in [0.5, 0.6) is 17.5 Å². The zero-order valence-electron chi connectivity index (χ0n) is 23.4. The molecule has 0 fully saturated rings. The zero-order chi connectivity index (χ0) is 30.7. The summed E-state index contributed by atoms with van der Waals surface area (Å²) in [5.41, 5.74) is 3.88. The van der Waals surface area contributed by atoms with Gasteiger partial charge in [-0.25, -0.2) is 10.2 Å². The number of hydrogen-bond donors (Lipinski definition) is 1. The first kappa shape index (κ1) is 29.6. The number of amides is 1. The molecule has 0 aliphatic heterocycles. The molecule has 0 saturated carbocycles. The Kier molecular flexibility index (Phi) is 8.65. The largest absolute Gasteiger partial charge is 0.493 e. The van der Waals surface area contributed by atoms with E-state index in [0.29, 0.717) is 26.9 Å². The third-order valence-electron chi connectivity index (χ3n) is 6.66. The Morgan fingerprint density at radius 1 is 1.00 bits per heavy atom. The van der Waals surface area contributed by atoms with Crippen LogP contribution < -0.4 is 26.1 Å². The van der Waals surface area contributed by atoms with Crippen molar-refractivity contribution in [1.82, 2.24) is 24.1 Å². The van der Waals surface area contributed by atoms with Gasteiger partial charge >= 0.3 is 11.7 Å². The summed E-state index contributed by atoms with van der Waals surface area (Å²) >= 11 is 12.5. The van der Waals surface area contributed by atoms with Crippen molar-refractivity contribution in [3.8, 4) is 17.5 Å².